The number of carbonyl (C=O) groups is 1. The van der Waals surface area contributed by atoms with E-state index in [9.17, 15) is 13.6 Å². The minimum Gasteiger partial charge on any atom is -0.489 e. The lowest BCUT2D eigenvalue weighted by Gasteiger charge is -2.24. The molecule has 0 bridgehead atoms. The van der Waals surface area contributed by atoms with Crippen molar-refractivity contribution in [3.8, 4) is 5.75 Å². The normalized spacial score (nSPS) is 15.8. The number of thioether (sulfide) groups is 1. The van der Waals surface area contributed by atoms with Crippen molar-refractivity contribution < 1.29 is 18.3 Å². The van der Waals surface area contributed by atoms with Crippen LogP contribution in [0.15, 0.2) is 72.8 Å². The fourth-order valence-corrected chi connectivity index (χ4v) is 4.45. The molecule has 3 aromatic rings. The predicted molar refractivity (Wildman–Crippen MR) is 114 cm³/mol. The summed E-state index contributed by atoms with van der Waals surface area (Å²) in [6.45, 7) is 1.05. The lowest BCUT2D eigenvalue weighted by atomic mass is 10.2. The first-order chi connectivity index (χ1) is 14.6. The maximum absolute atomic E-state index is 13.4. The summed E-state index contributed by atoms with van der Waals surface area (Å²) >= 11 is 1.65. The Kier molecular flexibility index (Phi) is 6.18. The summed E-state index contributed by atoms with van der Waals surface area (Å²) in [5.74, 6) is -0.394. The molecule has 1 heterocycles. The van der Waals surface area contributed by atoms with Crippen LogP contribution in [0.3, 0.4) is 0 Å². The highest BCUT2D eigenvalue weighted by molar-refractivity contribution is 7.99. The van der Waals surface area contributed by atoms with Crippen molar-refractivity contribution in [1.82, 2.24) is 4.90 Å². The smallest absolute Gasteiger partial charge is 0.323 e. The van der Waals surface area contributed by atoms with E-state index < -0.39 is 11.6 Å². The molecule has 30 heavy (non-hydrogen) atoms. The molecule has 2 amide bonds. The molecule has 4 rings (SSSR count). The van der Waals surface area contributed by atoms with Gasteiger partial charge in [-0.05, 0) is 35.4 Å². The summed E-state index contributed by atoms with van der Waals surface area (Å²) in [4.78, 5) is 14.4. The van der Waals surface area contributed by atoms with Crippen LogP contribution in [-0.4, -0.2) is 23.2 Å². The monoisotopic (exact) mass is 426 g/mol. The number of benzene rings is 3. The number of rotatable bonds is 5. The third-order valence-electron chi connectivity index (χ3n) is 4.74. The van der Waals surface area contributed by atoms with Crippen LogP contribution in [0.4, 0.5) is 19.3 Å². The number of ether oxygens (including phenoxy) is 1. The van der Waals surface area contributed by atoms with E-state index >= 15 is 0 Å². The number of amides is 2. The van der Waals surface area contributed by atoms with E-state index in [1.54, 1.807) is 16.7 Å². The fourth-order valence-electron chi connectivity index (χ4n) is 3.19. The molecule has 1 unspecified atom stereocenters. The number of nitrogens with one attached hydrogen (secondary N) is 1. The molecule has 1 fully saturated rings. The Morgan fingerprint density at radius 3 is 2.53 bits per heavy atom. The molecule has 0 spiro atoms. The van der Waals surface area contributed by atoms with E-state index in [1.807, 2.05) is 54.6 Å². The van der Waals surface area contributed by atoms with Crippen molar-refractivity contribution in [2.24, 2.45) is 0 Å². The molecule has 0 saturated carbocycles. The van der Waals surface area contributed by atoms with Crippen molar-refractivity contribution in [2.75, 3.05) is 17.6 Å². The molecule has 7 heteroatoms. The van der Waals surface area contributed by atoms with Gasteiger partial charge in [-0.1, -0.05) is 42.5 Å². The minimum absolute atomic E-state index is 0.154. The second-order valence-corrected chi connectivity index (χ2v) is 8.01. The van der Waals surface area contributed by atoms with Crippen molar-refractivity contribution in [3.05, 3.63) is 95.6 Å². The van der Waals surface area contributed by atoms with Crippen molar-refractivity contribution in [1.29, 1.82) is 0 Å². The summed E-state index contributed by atoms with van der Waals surface area (Å²) in [5, 5.41) is 2.49. The zero-order valence-corrected chi connectivity index (χ0v) is 16.9. The maximum Gasteiger partial charge on any atom is 0.323 e. The Bertz CT molecular complexity index is 1020. The average molecular weight is 426 g/mol. The highest BCUT2D eigenvalue weighted by atomic mass is 32.2. The van der Waals surface area contributed by atoms with E-state index in [1.165, 1.54) is 6.07 Å². The standard InChI is InChI=1S/C23H20F2N2O2S/c24-20-11-8-18(14-21(20)25)26-23(28)27-12-13-30-22(27)17-6-9-19(10-7-17)29-15-16-4-2-1-3-5-16/h1-11,14,22H,12-13,15H2,(H,26,28). The zero-order chi connectivity index (χ0) is 20.9. The third-order valence-corrected chi connectivity index (χ3v) is 6.00. The van der Waals surface area contributed by atoms with Gasteiger partial charge in [-0.15, -0.1) is 11.8 Å². The molecule has 0 radical (unpaired) electrons. The summed E-state index contributed by atoms with van der Waals surface area (Å²) in [6.07, 6.45) is 0. The lowest BCUT2D eigenvalue weighted by molar-refractivity contribution is 0.214. The quantitative estimate of drug-likeness (QED) is 0.559. The third kappa shape index (κ3) is 4.74. The van der Waals surface area contributed by atoms with Crippen LogP contribution in [0.5, 0.6) is 5.75 Å². The second-order valence-electron chi connectivity index (χ2n) is 6.82. The number of carbonyl (C=O) groups excluding carboxylic acids is 1. The van der Waals surface area contributed by atoms with Gasteiger partial charge < -0.3 is 15.0 Å². The molecular weight excluding hydrogens is 406 g/mol. The van der Waals surface area contributed by atoms with Gasteiger partial charge in [-0.2, -0.15) is 0 Å². The Morgan fingerprint density at radius 1 is 1.03 bits per heavy atom. The van der Waals surface area contributed by atoms with E-state index in [4.69, 9.17) is 4.74 Å². The first kappa shape index (κ1) is 20.2. The molecular formula is C23H20F2N2O2S. The van der Waals surface area contributed by atoms with Gasteiger partial charge in [0.1, 0.15) is 17.7 Å². The Hall–Kier alpha value is -3.06. The van der Waals surface area contributed by atoms with Crippen LogP contribution >= 0.6 is 11.8 Å². The zero-order valence-electron chi connectivity index (χ0n) is 16.1. The van der Waals surface area contributed by atoms with Crippen LogP contribution in [0.2, 0.25) is 0 Å². The van der Waals surface area contributed by atoms with Crippen molar-refractivity contribution in [3.63, 3.8) is 0 Å². The Balaban J connectivity index is 1.40. The molecule has 1 atom stereocenters. The van der Waals surface area contributed by atoms with Crippen LogP contribution in [0.1, 0.15) is 16.5 Å². The molecule has 4 nitrogen and oxygen atoms in total. The van der Waals surface area contributed by atoms with Crippen molar-refractivity contribution in [2.45, 2.75) is 12.0 Å². The van der Waals surface area contributed by atoms with Gasteiger partial charge >= 0.3 is 6.03 Å². The van der Waals surface area contributed by atoms with Crippen LogP contribution < -0.4 is 10.1 Å². The van der Waals surface area contributed by atoms with Gasteiger partial charge in [0.2, 0.25) is 0 Å². The van der Waals surface area contributed by atoms with E-state index in [2.05, 4.69) is 5.32 Å². The highest BCUT2D eigenvalue weighted by Gasteiger charge is 2.30. The SMILES string of the molecule is O=C(Nc1ccc(F)c(F)c1)N1CCSC1c1ccc(OCc2ccccc2)cc1. The second kappa shape index (κ2) is 9.17. The maximum atomic E-state index is 13.4. The lowest BCUT2D eigenvalue weighted by Crippen LogP contribution is -2.34. The fraction of sp³-hybridized carbons (Fsp3) is 0.174. The number of hydrogen-bond donors (Lipinski definition) is 1. The van der Waals surface area contributed by atoms with Crippen LogP contribution in [0, 0.1) is 11.6 Å². The van der Waals surface area contributed by atoms with E-state index in [0.717, 1.165) is 34.8 Å². The van der Waals surface area contributed by atoms with Gasteiger partial charge in [-0.3, -0.25) is 0 Å². The number of nitrogens with zero attached hydrogens (tertiary/aromatic N) is 1. The van der Waals surface area contributed by atoms with Crippen LogP contribution in [0.25, 0.3) is 0 Å². The first-order valence-electron chi connectivity index (χ1n) is 9.51. The molecule has 154 valence electrons. The van der Waals surface area contributed by atoms with E-state index in [-0.39, 0.29) is 17.1 Å². The van der Waals surface area contributed by atoms with Gasteiger partial charge in [0.05, 0.1) is 0 Å². The topological polar surface area (TPSA) is 41.6 Å². The predicted octanol–water partition coefficient (Wildman–Crippen LogP) is 5.82. The van der Waals surface area contributed by atoms with E-state index in [0.29, 0.717) is 13.2 Å². The van der Waals surface area contributed by atoms with Gasteiger partial charge in [-0.25, -0.2) is 13.6 Å². The number of hydrogen-bond acceptors (Lipinski definition) is 3. The van der Waals surface area contributed by atoms with Gasteiger partial charge in [0.15, 0.2) is 11.6 Å². The summed E-state index contributed by atoms with van der Waals surface area (Å²) in [7, 11) is 0. The largest absolute Gasteiger partial charge is 0.489 e. The van der Waals surface area contributed by atoms with Crippen molar-refractivity contribution >= 4 is 23.5 Å². The molecule has 1 aliphatic heterocycles. The summed E-state index contributed by atoms with van der Waals surface area (Å²) in [5.41, 5.74) is 2.29. The molecule has 0 aliphatic carbocycles. The molecule has 0 aromatic heterocycles. The number of halogens is 2. The first-order valence-corrected chi connectivity index (χ1v) is 10.6. The number of urea groups is 1. The van der Waals surface area contributed by atoms with Gasteiger partial charge in [0, 0.05) is 24.1 Å². The van der Waals surface area contributed by atoms with Crippen LogP contribution in [-0.2, 0) is 6.61 Å². The summed E-state index contributed by atoms with van der Waals surface area (Å²) < 4.78 is 32.3. The molecule has 1 aliphatic rings. The van der Waals surface area contributed by atoms with Gasteiger partial charge in [0.25, 0.3) is 0 Å². The number of anilines is 1. The molecule has 3 aromatic carbocycles. The minimum atomic E-state index is -0.994. The Labute approximate surface area is 177 Å². The highest BCUT2D eigenvalue weighted by Crippen LogP contribution is 2.38. The molecule has 1 N–H and O–H groups in total. The average Bonchev–Trinajstić information content (AvgIpc) is 3.26. The molecule has 1 saturated heterocycles. The summed E-state index contributed by atoms with van der Waals surface area (Å²) in [6, 6.07) is 20.6. The Morgan fingerprint density at radius 2 is 1.80 bits per heavy atom.